The van der Waals surface area contributed by atoms with E-state index in [4.69, 9.17) is 15.0 Å². The number of nitrogens with zero attached hydrogens (tertiary/aromatic N) is 3. The molecule has 4 heteroatoms. The standard InChI is InChI=1S/C43H27N3S/c1-4-12-29(13-5-1)37-27-38(46-43(45-37)32-16-8-3-9-17-32)30-22-20-28(21-23-30)33-24-25-39-35(26-33)40-41(31-14-6-2-7-15-31)44-36-19-11-10-18-34(36)42(40)47-39/h1-27H. The molecule has 9 rings (SSSR count). The van der Waals surface area contributed by atoms with Crippen molar-refractivity contribution in [1.29, 1.82) is 0 Å². The van der Waals surface area contributed by atoms with Crippen LogP contribution in [0.4, 0.5) is 0 Å². The number of fused-ring (bicyclic) bond motifs is 5. The number of thiophene rings is 1. The Hall–Kier alpha value is -5.97. The van der Waals surface area contributed by atoms with Crippen LogP contribution in [0.2, 0.25) is 0 Å². The Morgan fingerprint density at radius 3 is 1.64 bits per heavy atom. The van der Waals surface area contributed by atoms with Gasteiger partial charge in [-0.1, -0.05) is 140 Å². The van der Waals surface area contributed by atoms with Gasteiger partial charge in [0.15, 0.2) is 5.82 Å². The molecule has 47 heavy (non-hydrogen) atoms. The van der Waals surface area contributed by atoms with Crippen molar-refractivity contribution in [2.75, 3.05) is 0 Å². The van der Waals surface area contributed by atoms with Crippen molar-refractivity contribution in [2.45, 2.75) is 0 Å². The molecule has 6 aromatic carbocycles. The first-order valence-electron chi connectivity index (χ1n) is 15.7. The van der Waals surface area contributed by atoms with Crippen LogP contribution in [0.15, 0.2) is 164 Å². The number of rotatable bonds is 5. The van der Waals surface area contributed by atoms with Crippen LogP contribution in [0, 0.1) is 0 Å². The summed E-state index contributed by atoms with van der Waals surface area (Å²) in [6, 6.07) is 57.1. The van der Waals surface area contributed by atoms with E-state index in [1.165, 1.54) is 31.1 Å². The number of hydrogen-bond donors (Lipinski definition) is 0. The minimum absolute atomic E-state index is 0.719. The highest BCUT2D eigenvalue weighted by Crippen LogP contribution is 2.44. The third-order valence-electron chi connectivity index (χ3n) is 8.69. The summed E-state index contributed by atoms with van der Waals surface area (Å²) in [6.45, 7) is 0. The molecule has 0 unspecified atom stereocenters. The maximum atomic E-state index is 5.20. The van der Waals surface area contributed by atoms with Gasteiger partial charge >= 0.3 is 0 Å². The molecule has 0 spiro atoms. The molecule has 0 saturated carbocycles. The lowest BCUT2D eigenvalue weighted by molar-refractivity contribution is 1.18. The molecule has 0 aliphatic rings. The van der Waals surface area contributed by atoms with Gasteiger partial charge in [0.1, 0.15) is 0 Å². The SMILES string of the molecule is c1ccc(-c2cc(-c3ccc(-c4ccc5sc6c7ccccc7nc(-c7ccccc7)c6c5c4)cc3)nc(-c3ccccc3)n2)cc1. The molecule has 220 valence electrons. The molecule has 3 aromatic heterocycles. The van der Waals surface area contributed by atoms with E-state index in [0.717, 1.165) is 56.2 Å². The molecule has 0 fully saturated rings. The molecule has 0 radical (unpaired) electrons. The van der Waals surface area contributed by atoms with Crippen LogP contribution in [0.5, 0.6) is 0 Å². The van der Waals surface area contributed by atoms with E-state index in [9.17, 15) is 0 Å². The van der Waals surface area contributed by atoms with Crippen molar-refractivity contribution in [3.8, 4) is 56.3 Å². The van der Waals surface area contributed by atoms with Crippen LogP contribution in [0.25, 0.3) is 87.4 Å². The van der Waals surface area contributed by atoms with E-state index < -0.39 is 0 Å². The normalized spacial score (nSPS) is 11.4. The summed E-state index contributed by atoms with van der Waals surface area (Å²) in [5.74, 6) is 0.719. The molecule has 0 atom stereocenters. The summed E-state index contributed by atoms with van der Waals surface area (Å²) in [4.78, 5) is 15.2. The molecule has 0 bridgehead atoms. The molecule has 3 nitrogen and oxygen atoms in total. The largest absolute Gasteiger partial charge is 0.247 e. The van der Waals surface area contributed by atoms with Gasteiger partial charge < -0.3 is 0 Å². The zero-order valence-electron chi connectivity index (χ0n) is 25.3. The Kier molecular flexibility index (Phi) is 6.65. The second-order valence-electron chi connectivity index (χ2n) is 11.6. The Labute approximate surface area is 276 Å². The third kappa shape index (κ3) is 4.96. The second-order valence-corrected chi connectivity index (χ2v) is 12.7. The Bertz CT molecular complexity index is 2480. The molecular formula is C43H27N3S. The minimum Gasteiger partial charge on any atom is -0.247 e. The van der Waals surface area contributed by atoms with Crippen molar-refractivity contribution >= 4 is 42.4 Å². The van der Waals surface area contributed by atoms with Crippen LogP contribution in [-0.4, -0.2) is 15.0 Å². The molecule has 9 aromatic rings. The Morgan fingerprint density at radius 1 is 0.383 bits per heavy atom. The van der Waals surface area contributed by atoms with Crippen LogP contribution < -0.4 is 0 Å². The molecule has 3 heterocycles. The predicted molar refractivity (Wildman–Crippen MR) is 197 cm³/mol. The number of para-hydroxylation sites is 1. The van der Waals surface area contributed by atoms with Gasteiger partial charge in [-0.05, 0) is 35.4 Å². The van der Waals surface area contributed by atoms with E-state index in [-0.39, 0.29) is 0 Å². The number of pyridine rings is 1. The summed E-state index contributed by atoms with van der Waals surface area (Å²) >= 11 is 1.85. The summed E-state index contributed by atoms with van der Waals surface area (Å²) in [5, 5.41) is 3.65. The smallest absolute Gasteiger partial charge is 0.160 e. The highest BCUT2D eigenvalue weighted by atomic mass is 32.1. The topological polar surface area (TPSA) is 38.7 Å². The lowest BCUT2D eigenvalue weighted by Gasteiger charge is -2.10. The van der Waals surface area contributed by atoms with Gasteiger partial charge in [-0.3, -0.25) is 0 Å². The fourth-order valence-electron chi connectivity index (χ4n) is 6.35. The number of hydrogen-bond acceptors (Lipinski definition) is 4. The van der Waals surface area contributed by atoms with Crippen LogP contribution in [-0.2, 0) is 0 Å². The average molecular weight is 618 g/mol. The van der Waals surface area contributed by atoms with Gasteiger partial charge in [0.25, 0.3) is 0 Å². The fourth-order valence-corrected chi connectivity index (χ4v) is 7.57. The second kappa shape index (κ2) is 11.4. The Balaban J connectivity index is 1.16. The lowest BCUT2D eigenvalue weighted by Crippen LogP contribution is -1.95. The summed E-state index contributed by atoms with van der Waals surface area (Å²) in [6.07, 6.45) is 0. The van der Waals surface area contributed by atoms with Gasteiger partial charge in [0.2, 0.25) is 0 Å². The lowest BCUT2D eigenvalue weighted by atomic mass is 9.98. The molecular weight excluding hydrogens is 591 g/mol. The van der Waals surface area contributed by atoms with Crippen LogP contribution >= 0.6 is 11.3 Å². The maximum absolute atomic E-state index is 5.20. The van der Waals surface area contributed by atoms with Crippen molar-refractivity contribution in [2.24, 2.45) is 0 Å². The molecule has 0 aliphatic heterocycles. The van der Waals surface area contributed by atoms with E-state index in [1.54, 1.807) is 0 Å². The fraction of sp³-hybridized carbons (Fsp3) is 0. The molecule has 0 N–H and O–H groups in total. The summed E-state index contributed by atoms with van der Waals surface area (Å²) in [5.41, 5.74) is 10.4. The summed E-state index contributed by atoms with van der Waals surface area (Å²) < 4.78 is 2.54. The zero-order valence-corrected chi connectivity index (χ0v) is 26.2. The van der Waals surface area contributed by atoms with Crippen LogP contribution in [0.1, 0.15) is 0 Å². The van der Waals surface area contributed by atoms with E-state index in [1.807, 2.05) is 47.7 Å². The van der Waals surface area contributed by atoms with Crippen molar-refractivity contribution in [1.82, 2.24) is 15.0 Å². The minimum atomic E-state index is 0.719. The Morgan fingerprint density at radius 2 is 0.936 bits per heavy atom. The average Bonchev–Trinajstić information content (AvgIpc) is 3.55. The van der Waals surface area contributed by atoms with Crippen molar-refractivity contribution < 1.29 is 0 Å². The zero-order chi connectivity index (χ0) is 31.2. The van der Waals surface area contributed by atoms with Gasteiger partial charge in [-0.15, -0.1) is 11.3 Å². The van der Waals surface area contributed by atoms with Gasteiger partial charge in [0, 0.05) is 47.8 Å². The molecule has 0 amide bonds. The maximum Gasteiger partial charge on any atom is 0.160 e. The summed E-state index contributed by atoms with van der Waals surface area (Å²) in [7, 11) is 0. The molecule has 0 aliphatic carbocycles. The van der Waals surface area contributed by atoms with Crippen molar-refractivity contribution in [3.63, 3.8) is 0 Å². The number of benzene rings is 6. The first kappa shape index (κ1) is 27.3. The number of aromatic nitrogens is 3. The monoisotopic (exact) mass is 617 g/mol. The van der Waals surface area contributed by atoms with E-state index in [2.05, 4.69) is 127 Å². The first-order valence-corrected chi connectivity index (χ1v) is 16.5. The van der Waals surface area contributed by atoms with E-state index in [0.29, 0.717) is 0 Å². The van der Waals surface area contributed by atoms with Gasteiger partial charge in [-0.25, -0.2) is 15.0 Å². The highest BCUT2D eigenvalue weighted by Gasteiger charge is 2.17. The third-order valence-corrected chi connectivity index (χ3v) is 9.90. The molecule has 0 saturated heterocycles. The highest BCUT2D eigenvalue weighted by molar-refractivity contribution is 7.26. The van der Waals surface area contributed by atoms with E-state index >= 15 is 0 Å². The van der Waals surface area contributed by atoms with Crippen LogP contribution in [0.3, 0.4) is 0 Å². The predicted octanol–water partition coefficient (Wildman–Crippen LogP) is 11.7. The van der Waals surface area contributed by atoms with Crippen molar-refractivity contribution in [3.05, 3.63) is 164 Å². The van der Waals surface area contributed by atoms with Gasteiger partial charge in [0.05, 0.1) is 22.6 Å². The van der Waals surface area contributed by atoms with Gasteiger partial charge in [-0.2, -0.15) is 0 Å². The first-order chi connectivity index (χ1) is 23.3. The quantitative estimate of drug-likeness (QED) is 0.193.